The fourth-order valence-electron chi connectivity index (χ4n) is 10.9. The maximum atomic E-state index is 2.49. The number of rotatable bonds is 6. The molecule has 0 saturated heterocycles. The lowest BCUT2D eigenvalue weighted by Crippen LogP contribution is -2.26. The van der Waals surface area contributed by atoms with Gasteiger partial charge >= 0.3 is 0 Å². The highest BCUT2D eigenvalue weighted by Gasteiger charge is 2.51. The maximum Gasteiger partial charge on any atom is 0.0726 e. The molecule has 0 N–H and O–H groups in total. The number of hydrogen-bond donors (Lipinski definition) is 0. The van der Waals surface area contributed by atoms with Gasteiger partial charge in [-0.2, -0.15) is 0 Å². The normalized spacial score (nSPS) is 12.9. The predicted octanol–water partition coefficient (Wildman–Crippen LogP) is 15.9. The Morgan fingerprint density at radius 1 is 0.286 bits per heavy atom. The van der Waals surface area contributed by atoms with Crippen LogP contribution in [0.4, 0.5) is 17.1 Å². The summed E-state index contributed by atoms with van der Waals surface area (Å²) >= 11 is 0. The molecule has 11 aromatic rings. The van der Waals surface area contributed by atoms with Crippen LogP contribution >= 0.6 is 0 Å². The number of fused-ring (bicyclic) bond motifs is 13. The molecule has 0 radical (unpaired) electrons. The summed E-state index contributed by atoms with van der Waals surface area (Å²) in [6.07, 6.45) is 0. The van der Waals surface area contributed by atoms with Crippen molar-refractivity contribution in [2.24, 2.45) is 0 Å². The molecule has 2 aliphatic rings. The number of hydrogen-bond acceptors (Lipinski definition) is 1. The van der Waals surface area contributed by atoms with Gasteiger partial charge in [0.1, 0.15) is 0 Å². The van der Waals surface area contributed by atoms with E-state index in [-0.39, 0.29) is 0 Å². The first-order valence-electron chi connectivity index (χ1n) is 21.8. The molecule has 2 nitrogen and oxygen atoms in total. The third-order valence-electron chi connectivity index (χ3n) is 13.6. The van der Waals surface area contributed by atoms with Gasteiger partial charge in [-0.05, 0) is 121 Å². The molecule has 1 spiro atoms. The molecule has 63 heavy (non-hydrogen) atoms. The highest BCUT2D eigenvalue weighted by atomic mass is 15.1. The molecule has 13 rings (SSSR count). The van der Waals surface area contributed by atoms with Gasteiger partial charge in [-0.15, -0.1) is 0 Å². The summed E-state index contributed by atoms with van der Waals surface area (Å²) in [6.45, 7) is 0. The molecule has 294 valence electrons. The first-order valence-corrected chi connectivity index (χ1v) is 21.8. The van der Waals surface area contributed by atoms with Gasteiger partial charge in [0.15, 0.2) is 0 Å². The number of nitrogens with zero attached hydrogens (tertiary/aromatic N) is 2. The Hall–Kier alpha value is -8.20. The van der Waals surface area contributed by atoms with E-state index in [0.29, 0.717) is 0 Å². The Bertz CT molecular complexity index is 3480. The Balaban J connectivity index is 1.02. The van der Waals surface area contributed by atoms with E-state index in [4.69, 9.17) is 0 Å². The summed E-state index contributed by atoms with van der Waals surface area (Å²) in [5.74, 6) is 0. The number of anilines is 3. The summed E-state index contributed by atoms with van der Waals surface area (Å²) in [4.78, 5) is 2.46. The summed E-state index contributed by atoms with van der Waals surface area (Å²) in [5.41, 5.74) is 21.7. The molecule has 10 aromatic carbocycles. The number of para-hydroxylation sites is 2. The van der Waals surface area contributed by atoms with Crippen LogP contribution in [0.15, 0.2) is 243 Å². The molecular formula is C61H40N2. The maximum absolute atomic E-state index is 2.49. The van der Waals surface area contributed by atoms with Crippen LogP contribution in [0.2, 0.25) is 0 Å². The monoisotopic (exact) mass is 800 g/mol. The van der Waals surface area contributed by atoms with Crippen molar-refractivity contribution >= 4 is 38.9 Å². The highest BCUT2D eigenvalue weighted by molar-refractivity contribution is 6.10. The molecule has 0 bridgehead atoms. The number of aromatic nitrogens is 1. The summed E-state index contributed by atoms with van der Waals surface area (Å²) in [7, 11) is 0. The van der Waals surface area contributed by atoms with Crippen LogP contribution in [0.3, 0.4) is 0 Å². The van der Waals surface area contributed by atoms with Crippen molar-refractivity contribution < 1.29 is 0 Å². The van der Waals surface area contributed by atoms with Crippen molar-refractivity contribution in [3.8, 4) is 50.2 Å². The minimum Gasteiger partial charge on any atom is -0.310 e. The van der Waals surface area contributed by atoms with E-state index in [9.17, 15) is 0 Å². The van der Waals surface area contributed by atoms with E-state index in [1.165, 1.54) is 88.6 Å². The standard InChI is InChI=1S/C61H40N2/c1-3-15-41(16-4-1)42-27-29-43(30-28-42)44-31-33-46(34-32-44)62(48-36-38-54-53-22-10-14-26-59(53)63(60(54)40-48)45-17-5-2-6-18-45)47-35-37-52-51-21-9-13-25-57(51)61(58(52)39-47)55-23-11-7-19-49(55)50-20-8-12-24-56(50)61/h1-40H. The summed E-state index contributed by atoms with van der Waals surface area (Å²) in [6, 6.07) is 89.5. The average Bonchev–Trinajstić information content (AvgIpc) is 3.96. The zero-order chi connectivity index (χ0) is 41.5. The first-order chi connectivity index (χ1) is 31.3. The molecule has 2 heteroatoms. The van der Waals surface area contributed by atoms with Crippen molar-refractivity contribution in [1.29, 1.82) is 0 Å². The van der Waals surface area contributed by atoms with Crippen LogP contribution in [0, 0.1) is 0 Å². The average molecular weight is 801 g/mol. The van der Waals surface area contributed by atoms with Gasteiger partial charge in [0.05, 0.1) is 16.4 Å². The molecule has 0 aliphatic heterocycles. The lowest BCUT2D eigenvalue weighted by molar-refractivity contribution is 0.793. The molecule has 0 saturated carbocycles. The van der Waals surface area contributed by atoms with Crippen molar-refractivity contribution in [2.75, 3.05) is 4.90 Å². The number of benzene rings is 10. The van der Waals surface area contributed by atoms with E-state index in [1.54, 1.807) is 0 Å². The van der Waals surface area contributed by atoms with Crippen molar-refractivity contribution in [1.82, 2.24) is 4.57 Å². The first kappa shape index (κ1) is 35.5. The Kier molecular flexibility index (Phi) is 7.85. The van der Waals surface area contributed by atoms with Gasteiger partial charge in [0.25, 0.3) is 0 Å². The van der Waals surface area contributed by atoms with E-state index in [2.05, 4.69) is 252 Å². The van der Waals surface area contributed by atoms with Crippen LogP contribution in [-0.4, -0.2) is 4.57 Å². The fraction of sp³-hybridized carbons (Fsp3) is 0.0164. The van der Waals surface area contributed by atoms with Crippen molar-refractivity contribution in [2.45, 2.75) is 5.41 Å². The Morgan fingerprint density at radius 3 is 1.33 bits per heavy atom. The van der Waals surface area contributed by atoms with Gasteiger partial charge < -0.3 is 9.47 Å². The van der Waals surface area contributed by atoms with Crippen LogP contribution in [0.25, 0.3) is 72.0 Å². The molecule has 1 heterocycles. The molecule has 0 fully saturated rings. The van der Waals surface area contributed by atoms with Crippen LogP contribution in [-0.2, 0) is 5.41 Å². The molecular weight excluding hydrogens is 761 g/mol. The molecule has 0 unspecified atom stereocenters. The van der Waals surface area contributed by atoms with Crippen molar-refractivity contribution in [3.05, 3.63) is 265 Å². The SMILES string of the molecule is c1ccc(-c2ccc(-c3ccc(N(c4ccc5c(c4)C4(c6ccccc6-c6ccccc64)c4ccccc4-5)c4ccc5c6ccccc6n(-c6ccccc6)c5c4)cc3)cc2)cc1. The van der Waals surface area contributed by atoms with E-state index >= 15 is 0 Å². The molecule has 0 amide bonds. The second-order valence-corrected chi connectivity index (χ2v) is 16.8. The zero-order valence-corrected chi connectivity index (χ0v) is 34.5. The van der Waals surface area contributed by atoms with E-state index < -0.39 is 5.41 Å². The van der Waals surface area contributed by atoms with Crippen LogP contribution in [0.1, 0.15) is 22.3 Å². The van der Waals surface area contributed by atoms with Crippen LogP contribution < -0.4 is 4.90 Å². The fourth-order valence-corrected chi connectivity index (χ4v) is 10.9. The van der Waals surface area contributed by atoms with Crippen molar-refractivity contribution in [3.63, 3.8) is 0 Å². The molecule has 0 atom stereocenters. The van der Waals surface area contributed by atoms with Crippen LogP contribution in [0.5, 0.6) is 0 Å². The highest BCUT2D eigenvalue weighted by Crippen LogP contribution is 2.63. The van der Waals surface area contributed by atoms with E-state index in [0.717, 1.165) is 22.7 Å². The summed E-state index contributed by atoms with van der Waals surface area (Å²) < 4.78 is 2.41. The second-order valence-electron chi connectivity index (χ2n) is 16.8. The third-order valence-corrected chi connectivity index (χ3v) is 13.6. The van der Waals surface area contributed by atoms with Gasteiger partial charge in [-0.3, -0.25) is 0 Å². The molecule has 2 aliphatic carbocycles. The Labute approximate surface area is 367 Å². The quantitative estimate of drug-likeness (QED) is 0.163. The lowest BCUT2D eigenvalue weighted by atomic mass is 9.70. The van der Waals surface area contributed by atoms with Gasteiger partial charge in [0.2, 0.25) is 0 Å². The minimum atomic E-state index is -0.444. The van der Waals surface area contributed by atoms with E-state index in [1.807, 2.05) is 0 Å². The lowest BCUT2D eigenvalue weighted by Gasteiger charge is -2.32. The van der Waals surface area contributed by atoms with Gasteiger partial charge in [0, 0.05) is 33.5 Å². The third kappa shape index (κ3) is 5.25. The summed E-state index contributed by atoms with van der Waals surface area (Å²) in [5, 5.41) is 2.47. The molecule has 1 aromatic heterocycles. The van der Waals surface area contributed by atoms with Gasteiger partial charge in [-0.1, -0.05) is 188 Å². The second kappa shape index (κ2) is 13.9. The topological polar surface area (TPSA) is 8.17 Å². The Morgan fingerprint density at radius 2 is 0.714 bits per heavy atom. The zero-order valence-electron chi connectivity index (χ0n) is 34.5. The predicted molar refractivity (Wildman–Crippen MR) is 263 cm³/mol. The minimum absolute atomic E-state index is 0.444. The van der Waals surface area contributed by atoms with Gasteiger partial charge in [-0.25, -0.2) is 0 Å². The largest absolute Gasteiger partial charge is 0.310 e. The smallest absolute Gasteiger partial charge is 0.0726 e.